The number of alkyl carbamates (subject to hydrolysis) is 1. The Morgan fingerprint density at radius 2 is 1.60 bits per heavy atom. The second-order valence-corrected chi connectivity index (χ2v) is 19.0. The maximum atomic E-state index is 15.5. The van der Waals surface area contributed by atoms with Crippen molar-refractivity contribution in [2.75, 3.05) is 6.61 Å². The van der Waals surface area contributed by atoms with E-state index in [2.05, 4.69) is 10.1 Å². The van der Waals surface area contributed by atoms with Crippen molar-refractivity contribution in [3.63, 3.8) is 0 Å². The maximum absolute atomic E-state index is 15.5. The number of rotatable bonds is 10. The predicted molar refractivity (Wildman–Crippen MR) is 216 cm³/mol. The molecule has 4 aliphatic carbocycles. The SMILES string of the molecule is CC(=O)O[C@H]1C(=O)[C@]23C[C@H]2C[C@H]2OC[C@@]2(OC(C)=O)[C@H]3[C@H](OC(=O)c2cccc(OC(F)(F)F)c2)[C@]2(O)C[C@H](OC(=O)[C@H](O)[C@@H](NC(=O)OC(C)(C)C)c3ccccc3)C(C)=C1C2(C)C. The lowest BCUT2D eigenvalue weighted by Crippen LogP contribution is -2.78. The van der Waals surface area contributed by atoms with Crippen molar-refractivity contribution in [2.45, 2.75) is 134 Å². The molecule has 1 spiro atoms. The Balaban J connectivity index is 1.38. The van der Waals surface area contributed by atoms with Crippen LogP contribution >= 0.6 is 0 Å². The lowest BCUT2D eigenvalue weighted by Gasteiger charge is -2.64. The number of alkyl halides is 3. The van der Waals surface area contributed by atoms with Gasteiger partial charge < -0.3 is 48.7 Å². The Hall–Kier alpha value is -5.53. The van der Waals surface area contributed by atoms with Gasteiger partial charge in [0.25, 0.3) is 0 Å². The minimum absolute atomic E-state index is 0.0150. The summed E-state index contributed by atoms with van der Waals surface area (Å²) in [5.74, 6) is -7.68. The first-order valence-corrected chi connectivity index (χ1v) is 21.1. The van der Waals surface area contributed by atoms with Crippen LogP contribution in [0.15, 0.2) is 65.7 Å². The summed E-state index contributed by atoms with van der Waals surface area (Å²) in [6, 6.07) is 10.5. The van der Waals surface area contributed by atoms with E-state index in [-0.39, 0.29) is 36.2 Å². The van der Waals surface area contributed by atoms with Crippen LogP contribution in [0, 0.1) is 22.7 Å². The second-order valence-electron chi connectivity index (χ2n) is 19.0. The van der Waals surface area contributed by atoms with Crippen LogP contribution in [-0.4, -0.2) is 106 Å². The van der Waals surface area contributed by atoms with Crippen molar-refractivity contribution in [3.8, 4) is 5.75 Å². The lowest BCUT2D eigenvalue weighted by atomic mass is 9.48. The number of benzene rings is 2. The molecule has 2 aromatic carbocycles. The number of fused-ring (bicyclic) bond motifs is 4. The van der Waals surface area contributed by atoms with Crippen LogP contribution < -0.4 is 10.1 Å². The molecule has 65 heavy (non-hydrogen) atoms. The molecular formula is C46H52F3NO15. The van der Waals surface area contributed by atoms with Crippen molar-refractivity contribution in [3.05, 3.63) is 76.9 Å². The minimum atomic E-state index is -5.12. The summed E-state index contributed by atoms with van der Waals surface area (Å²) < 4.78 is 79.6. The normalized spacial score (nSPS) is 31.9. The number of ether oxygens (including phenoxy) is 7. The van der Waals surface area contributed by atoms with Gasteiger partial charge in [0, 0.05) is 31.1 Å². The number of carbonyl (C=O) groups is 6. The monoisotopic (exact) mass is 915 g/mol. The van der Waals surface area contributed by atoms with Crippen LogP contribution in [0.5, 0.6) is 5.75 Å². The quantitative estimate of drug-likeness (QED) is 0.155. The molecule has 352 valence electrons. The van der Waals surface area contributed by atoms with Crippen LogP contribution in [0.3, 0.4) is 0 Å². The average molecular weight is 916 g/mol. The zero-order valence-corrected chi connectivity index (χ0v) is 37.0. The molecule has 5 aliphatic rings. The summed E-state index contributed by atoms with van der Waals surface area (Å²) in [5.41, 5.74) is -8.57. The third-order valence-corrected chi connectivity index (χ3v) is 13.5. The molecule has 19 heteroatoms. The number of nitrogens with one attached hydrogen (secondary N) is 1. The third kappa shape index (κ3) is 8.46. The average Bonchev–Trinajstić information content (AvgIpc) is 3.92. The van der Waals surface area contributed by atoms with E-state index < -0.39 is 136 Å². The number of carbonyl (C=O) groups excluding carboxylic acids is 6. The van der Waals surface area contributed by atoms with Gasteiger partial charge in [0.1, 0.15) is 35.3 Å². The maximum Gasteiger partial charge on any atom is 0.573 e. The smallest absolute Gasteiger partial charge is 0.456 e. The first-order chi connectivity index (χ1) is 30.1. The molecule has 11 atom stereocenters. The topological polar surface area (TPSA) is 220 Å². The van der Waals surface area contributed by atoms with Gasteiger partial charge >= 0.3 is 36.3 Å². The van der Waals surface area contributed by atoms with E-state index in [1.54, 1.807) is 39.0 Å². The molecule has 2 bridgehead atoms. The van der Waals surface area contributed by atoms with Crippen LogP contribution in [0.25, 0.3) is 0 Å². The molecule has 0 radical (unpaired) electrons. The Labute approximate surface area is 372 Å². The molecular weight excluding hydrogens is 863 g/mol. The van der Waals surface area contributed by atoms with E-state index in [9.17, 15) is 47.4 Å². The van der Waals surface area contributed by atoms with Crippen molar-refractivity contribution in [2.24, 2.45) is 22.7 Å². The molecule has 1 saturated heterocycles. The number of esters is 4. The molecule has 1 heterocycles. The van der Waals surface area contributed by atoms with Crippen LogP contribution in [0.2, 0.25) is 0 Å². The summed E-state index contributed by atoms with van der Waals surface area (Å²) in [5, 5.41) is 27.9. The van der Waals surface area contributed by atoms with Gasteiger partial charge in [-0.1, -0.05) is 50.2 Å². The van der Waals surface area contributed by atoms with Crippen molar-refractivity contribution in [1.82, 2.24) is 5.32 Å². The lowest BCUT2D eigenvalue weighted by molar-refractivity contribution is -0.323. The number of hydrogen-bond donors (Lipinski definition) is 3. The van der Waals surface area contributed by atoms with Crippen LogP contribution in [0.4, 0.5) is 18.0 Å². The van der Waals surface area contributed by atoms with Gasteiger partial charge in [-0.3, -0.25) is 14.4 Å². The van der Waals surface area contributed by atoms with E-state index in [1.165, 1.54) is 32.9 Å². The molecule has 0 aromatic heterocycles. The Morgan fingerprint density at radius 1 is 0.923 bits per heavy atom. The fourth-order valence-corrected chi connectivity index (χ4v) is 10.7. The first kappa shape index (κ1) is 47.4. The highest BCUT2D eigenvalue weighted by Crippen LogP contribution is 2.74. The molecule has 3 N–H and O–H groups in total. The molecule has 2 aromatic rings. The molecule has 4 fully saturated rings. The molecule has 7 rings (SSSR count). The molecule has 0 unspecified atom stereocenters. The van der Waals surface area contributed by atoms with Gasteiger partial charge in [0.15, 0.2) is 23.6 Å². The largest absolute Gasteiger partial charge is 0.573 e. The van der Waals surface area contributed by atoms with Gasteiger partial charge in [-0.25, -0.2) is 14.4 Å². The molecule has 16 nitrogen and oxygen atoms in total. The zero-order chi connectivity index (χ0) is 47.8. The van der Waals surface area contributed by atoms with Crippen LogP contribution in [-0.2, 0) is 47.6 Å². The first-order valence-electron chi connectivity index (χ1n) is 21.1. The highest BCUT2D eigenvalue weighted by Gasteiger charge is 2.84. The van der Waals surface area contributed by atoms with Crippen molar-refractivity contribution >= 4 is 35.8 Å². The van der Waals surface area contributed by atoms with E-state index >= 15 is 4.79 Å². The van der Waals surface area contributed by atoms with Gasteiger partial charge in [-0.15, -0.1) is 13.2 Å². The molecule has 1 amide bonds. The van der Waals surface area contributed by atoms with Crippen molar-refractivity contribution in [1.29, 1.82) is 0 Å². The molecule has 1 aliphatic heterocycles. The fourth-order valence-electron chi connectivity index (χ4n) is 10.7. The van der Waals surface area contributed by atoms with Gasteiger partial charge in [0.05, 0.1) is 24.1 Å². The number of amides is 1. The minimum Gasteiger partial charge on any atom is -0.456 e. The number of halogens is 3. The number of Topliss-reactive ketones (excluding diaryl/α,β-unsaturated/α-hetero) is 1. The van der Waals surface area contributed by atoms with Crippen molar-refractivity contribution < 1.29 is 85.3 Å². The zero-order valence-electron chi connectivity index (χ0n) is 37.0. The number of hydrogen-bond acceptors (Lipinski definition) is 15. The highest BCUT2D eigenvalue weighted by molar-refractivity contribution is 5.97. The van der Waals surface area contributed by atoms with E-state index in [4.69, 9.17) is 28.4 Å². The van der Waals surface area contributed by atoms with Gasteiger partial charge in [-0.05, 0) is 81.4 Å². The van der Waals surface area contributed by atoms with Crippen LogP contribution in [0.1, 0.15) is 96.6 Å². The Morgan fingerprint density at radius 3 is 2.18 bits per heavy atom. The summed E-state index contributed by atoms with van der Waals surface area (Å²) >= 11 is 0. The third-order valence-electron chi connectivity index (χ3n) is 13.5. The number of ketones is 1. The standard InChI is InChI=1S/C46H52F3NO15/c1-22-29(61-39(56)33(53)32(25-13-10-9-11-14-25)50-40(57)65-41(4,5)6)20-45(58)37(62-38(55)26-15-12-16-28(17-26)64-46(47,48)49)35-43(36(54)34(60-23(2)51)31(22)42(45,7)8)19-27(43)18-30-44(35,21-59-30)63-24(3)52/h9-17,27,29-30,32-35,37,53,58H,18-21H2,1-8H3,(H,50,57)/t27-,29+,30-,32+,33-,34-,35+,37+,43-,44+,45-/m1/s1. The van der Waals surface area contributed by atoms with Gasteiger partial charge in [-0.2, -0.15) is 0 Å². The Kier molecular flexibility index (Phi) is 12.0. The Bertz CT molecular complexity index is 2310. The number of aliphatic hydroxyl groups is 2. The summed E-state index contributed by atoms with van der Waals surface area (Å²) in [6.45, 7) is 11.2. The molecule has 3 saturated carbocycles. The van der Waals surface area contributed by atoms with E-state index in [0.717, 1.165) is 38.1 Å². The summed E-state index contributed by atoms with van der Waals surface area (Å²) in [6.07, 6.45) is -14.6. The second kappa shape index (κ2) is 16.4. The summed E-state index contributed by atoms with van der Waals surface area (Å²) in [7, 11) is 0. The highest BCUT2D eigenvalue weighted by atomic mass is 19.4. The van der Waals surface area contributed by atoms with E-state index in [1.807, 2.05) is 0 Å². The fraction of sp³-hybridized carbons (Fsp3) is 0.565. The summed E-state index contributed by atoms with van der Waals surface area (Å²) in [4.78, 5) is 83.2. The number of aliphatic hydroxyl groups excluding tert-OH is 1. The van der Waals surface area contributed by atoms with Gasteiger partial charge in [0.2, 0.25) is 0 Å². The van der Waals surface area contributed by atoms with E-state index in [0.29, 0.717) is 0 Å². The predicted octanol–water partition coefficient (Wildman–Crippen LogP) is 5.37.